The van der Waals surface area contributed by atoms with Crippen molar-refractivity contribution in [3.05, 3.63) is 156 Å². The fourth-order valence-corrected chi connectivity index (χ4v) is 6.72. The van der Waals surface area contributed by atoms with E-state index in [0.29, 0.717) is 0 Å². The van der Waals surface area contributed by atoms with Crippen LogP contribution in [-0.4, -0.2) is 4.98 Å². The molecule has 178 valence electrons. The molecule has 6 aromatic rings. The molecular formula is C36H24N2. The number of nitrogens with two attached hydrogens (primary N) is 1. The van der Waals surface area contributed by atoms with Crippen molar-refractivity contribution in [3.8, 4) is 44.6 Å². The van der Waals surface area contributed by atoms with Crippen molar-refractivity contribution in [2.45, 2.75) is 5.41 Å². The number of fused-ring (bicyclic) bond motifs is 10. The van der Waals surface area contributed by atoms with Crippen LogP contribution in [0.25, 0.3) is 44.6 Å². The highest BCUT2D eigenvalue weighted by Crippen LogP contribution is 2.63. The number of benzene rings is 5. The molecule has 0 saturated carbocycles. The maximum absolute atomic E-state index is 6.13. The second kappa shape index (κ2) is 7.77. The molecule has 38 heavy (non-hydrogen) atoms. The molecule has 0 atom stereocenters. The van der Waals surface area contributed by atoms with E-state index in [1.54, 1.807) is 6.20 Å². The van der Waals surface area contributed by atoms with E-state index in [0.717, 1.165) is 16.9 Å². The fourth-order valence-electron chi connectivity index (χ4n) is 6.72. The van der Waals surface area contributed by atoms with Crippen LogP contribution in [0.5, 0.6) is 0 Å². The summed E-state index contributed by atoms with van der Waals surface area (Å²) in [6.45, 7) is 0. The second-order valence-corrected chi connectivity index (χ2v) is 10.2. The number of pyridine rings is 1. The standard InChI is InChI=1S/C36H24N2/c37-26-18-19-38-35(22-26)25-15-17-34-30(21-25)29-20-24(23-8-2-1-3-9-23)14-16-33(29)36(34)31-12-6-4-10-27(31)28-11-5-7-13-32(28)36/h1-22H,(H2,37,38). The Morgan fingerprint density at radius 3 is 1.66 bits per heavy atom. The molecule has 0 unspecified atom stereocenters. The summed E-state index contributed by atoms with van der Waals surface area (Å²) >= 11 is 0. The lowest BCUT2D eigenvalue weighted by Gasteiger charge is -2.30. The van der Waals surface area contributed by atoms with Gasteiger partial charge in [-0.05, 0) is 79.9 Å². The minimum atomic E-state index is -0.352. The Kier molecular flexibility index (Phi) is 4.33. The van der Waals surface area contributed by atoms with Crippen LogP contribution in [0.3, 0.4) is 0 Å². The van der Waals surface area contributed by atoms with Crippen LogP contribution in [0.1, 0.15) is 22.3 Å². The average molecular weight is 485 g/mol. The molecule has 0 fully saturated rings. The van der Waals surface area contributed by atoms with Gasteiger partial charge in [0, 0.05) is 17.4 Å². The molecule has 0 amide bonds. The minimum Gasteiger partial charge on any atom is -0.399 e. The molecule has 2 nitrogen and oxygen atoms in total. The molecule has 2 aliphatic carbocycles. The van der Waals surface area contributed by atoms with Crippen LogP contribution in [0.15, 0.2) is 134 Å². The van der Waals surface area contributed by atoms with Gasteiger partial charge in [-0.2, -0.15) is 0 Å². The third-order valence-electron chi connectivity index (χ3n) is 8.28. The van der Waals surface area contributed by atoms with Crippen molar-refractivity contribution in [2.24, 2.45) is 0 Å². The Morgan fingerprint density at radius 2 is 1.00 bits per heavy atom. The second-order valence-electron chi connectivity index (χ2n) is 10.2. The van der Waals surface area contributed by atoms with Crippen molar-refractivity contribution in [1.82, 2.24) is 4.98 Å². The molecule has 0 aliphatic heterocycles. The number of anilines is 1. The van der Waals surface area contributed by atoms with Crippen molar-refractivity contribution in [3.63, 3.8) is 0 Å². The van der Waals surface area contributed by atoms with Crippen LogP contribution >= 0.6 is 0 Å². The Hall–Kier alpha value is -4.95. The van der Waals surface area contributed by atoms with E-state index in [9.17, 15) is 0 Å². The zero-order valence-electron chi connectivity index (χ0n) is 20.7. The summed E-state index contributed by atoms with van der Waals surface area (Å²) in [5.74, 6) is 0. The highest BCUT2D eigenvalue weighted by molar-refractivity contribution is 5.97. The molecule has 2 N–H and O–H groups in total. The van der Waals surface area contributed by atoms with Gasteiger partial charge in [-0.3, -0.25) is 4.98 Å². The number of rotatable bonds is 2. The normalized spacial score (nSPS) is 13.6. The Labute approximate surface area is 222 Å². The molecule has 0 bridgehead atoms. The molecule has 2 heteroatoms. The van der Waals surface area contributed by atoms with Crippen LogP contribution in [0.2, 0.25) is 0 Å². The van der Waals surface area contributed by atoms with Gasteiger partial charge < -0.3 is 5.73 Å². The first-order chi connectivity index (χ1) is 18.7. The van der Waals surface area contributed by atoms with Gasteiger partial charge in [-0.15, -0.1) is 0 Å². The van der Waals surface area contributed by atoms with Gasteiger partial charge >= 0.3 is 0 Å². The molecule has 1 heterocycles. The monoisotopic (exact) mass is 484 g/mol. The summed E-state index contributed by atoms with van der Waals surface area (Å²) in [4.78, 5) is 4.64. The lowest BCUT2D eigenvalue weighted by Crippen LogP contribution is -2.25. The molecule has 1 aromatic heterocycles. The maximum Gasteiger partial charge on any atom is 0.0725 e. The molecule has 2 aliphatic rings. The number of nitrogen functional groups attached to an aromatic ring is 1. The number of nitrogens with zero attached hydrogens (tertiary/aromatic N) is 1. The van der Waals surface area contributed by atoms with Crippen molar-refractivity contribution >= 4 is 5.69 Å². The largest absolute Gasteiger partial charge is 0.399 e. The first-order valence-electron chi connectivity index (χ1n) is 13.0. The predicted octanol–water partition coefficient (Wildman–Crippen LogP) is 8.34. The fraction of sp³-hybridized carbons (Fsp3) is 0.0278. The zero-order chi connectivity index (χ0) is 25.3. The van der Waals surface area contributed by atoms with Crippen LogP contribution < -0.4 is 5.73 Å². The average Bonchev–Trinajstić information content (AvgIpc) is 3.44. The quantitative estimate of drug-likeness (QED) is 0.268. The van der Waals surface area contributed by atoms with E-state index >= 15 is 0 Å². The predicted molar refractivity (Wildman–Crippen MR) is 156 cm³/mol. The van der Waals surface area contributed by atoms with Gasteiger partial charge in [0.15, 0.2) is 0 Å². The lowest BCUT2D eigenvalue weighted by molar-refractivity contribution is 0.794. The minimum absolute atomic E-state index is 0.352. The van der Waals surface area contributed by atoms with E-state index in [2.05, 4.69) is 120 Å². The summed E-state index contributed by atoms with van der Waals surface area (Å²) in [6, 6.07) is 46.1. The van der Waals surface area contributed by atoms with Gasteiger partial charge in [0.05, 0.1) is 11.1 Å². The molecular weight excluding hydrogens is 460 g/mol. The molecule has 8 rings (SSSR count). The van der Waals surface area contributed by atoms with E-state index in [-0.39, 0.29) is 5.41 Å². The smallest absolute Gasteiger partial charge is 0.0725 e. The van der Waals surface area contributed by atoms with Crippen LogP contribution in [0, 0.1) is 0 Å². The van der Waals surface area contributed by atoms with Crippen molar-refractivity contribution in [2.75, 3.05) is 5.73 Å². The Morgan fingerprint density at radius 1 is 0.447 bits per heavy atom. The Balaban J connectivity index is 1.47. The summed E-state index contributed by atoms with van der Waals surface area (Å²) in [5, 5.41) is 0. The van der Waals surface area contributed by atoms with Gasteiger partial charge in [0.1, 0.15) is 0 Å². The van der Waals surface area contributed by atoms with E-state index < -0.39 is 0 Å². The van der Waals surface area contributed by atoms with E-state index in [4.69, 9.17) is 5.73 Å². The molecule has 1 spiro atoms. The number of aromatic nitrogens is 1. The Bertz CT molecular complexity index is 1840. The van der Waals surface area contributed by atoms with Gasteiger partial charge in [-0.25, -0.2) is 0 Å². The number of hydrogen-bond acceptors (Lipinski definition) is 2. The summed E-state index contributed by atoms with van der Waals surface area (Å²) in [6.07, 6.45) is 1.78. The maximum atomic E-state index is 6.13. The van der Waals surface area contributed by atoms with E-state index in [1.165, 1.54) is 55.6 Å². The highest BCUT2D eigenvalue weighted by Gasteiger charge is 2.51. The lowest BCUT2D eigenvalue weighted by atomic mass is 9.70. The first-order valence-corrected chi connectivity index (χ1v) is 13.0. The highest BCUT2D eigenvalue weighted by atomic mass is 14.7. The van der Waals surface area contributed by atoms with Gasteiger partial charge in [-0.1, -0.05) is 103 Å². The first kappa shape index (κ1) is 21.2. The molecule has 0 radical (unpaired) electrons. The van der Waals surface area contributed by atoms with Gasteiger partial charge in [0.25, 0.3) is 0 Å². The summed E-state index contributed by atoms with van der Waals surface area (Å²) < 4.78 is 0. The summed E-state index contributed by atoms with van der Waals surface area (Å²) in [5.41, 5.74) is 21.4. The van der Waals surface area contributed by atoms with Crippen LogP contribution in [-0.2, 0) is 5.41 Å². The van der Waals surface area contributed by atoms with Crippen molar-refractivity contribution in [1.29, 1.82) is 0 Å². The van der Waals surface area contributed by atoms with E-state index in [1.807, 2.05) is 12.1 Å². The molecule has 0 saturated heterocycles. The zero-order valence-corrected chi connectivity index (χ0v) is 20.7. The third-order valence-corrected chi connectivity index (χ3v) is 8.28. The number of hydrogen-bond donors (Lipinski definition) is 1. The SMILES string of the molecule is Nc1ccnc(-c2ccc3c(c2)-c2cc(-c4ccccc4)ccc2C32c3ccccc3-c3ccccc32)c1. The topological polar surface area (TPSA) is 38.9 Å². The molecule has 5 aromatic carbocycles. The summed E-state index contributed by atoms with van der Waals surface area (Å²) in [7, 11) is 0. The van der Waals surface area contributed by atoms with Crippen LogP contribution in [0.4, 0.5) is 5.69 Å². The third kappa shape index (κ3) is 2.75. The van der Waals surface area contributed by atoms with Gasteiger partial charge in [0.2, 0.25) is 0 Å². The van der Waals surface area contributed by atoms with Crippen molar-refractivity contribution < 1.29 is 0 Å².